The van der Waals surface area contributed by atoms with Gasteiger partial charge in [0.2, 0.25) is 5.91 Å². The summed E-state index contributed by atoms with van der Waals surface area (Å²) in [6, 6.07) is 12.4. The quantitative estimate of drug-likeness (QED) is 0.343. The molecule has 0 spiro atoms. The van der Waals surface area contributed by atoms with E-state index < -0.39 is 4.92 Å². The average molecular weight is 414 g/mol. The highest BCUT2D eigenvalue weighted by Gasteiger charge is 2.10. The molecule has 28 heavy (non-hydrogen) atoms. The first-order chi connectivity index (χ1) is 13.5. The molecular formula is C18H14N4O4S2. The van der Waals surface area contributed by atoms with E-state index in [0.29, 0.717) is 16.4 Å². The Bertz CT molecular complexity index is 991. The number of non-ortho nitro benzene ring substituents is 1. The average Bonchev–Trinajstić information content (AvgIpc) is 3.19. The predicted octanol–water partition coefficient (Wildman–Crippen LogP) is 4.03. The van der Waals surface area contributed by atoms with Gasteiger partial charge in [0.15, 0.2) is 5.13 Å². The minimum absolute atomic E-state index is 0.0778. The first-order valence-electron chi connectivity index (χ1n) is 7.99. The Labute approximate surface area is 168 Å². The molecule has 0 bridgehead atoms. The highest BCUT2D eigenvalue weighted by molar-refractivity contribution is 8.00. The topological polar surface area (TPSA) is 114 Å². The number of nitro groups is 1. The molecule has 2 N–H and O–H groups in total. The third-order valence-corrected chi connectivity index (χ3v) is 5.16. The molecule has 0 aliphatic rings. The Balaban J connectivity index is 1.57. The molecule has 2 aromatic carbocycles. The molecule has 0 unspecified atom stereocenters. The third kappa shape index (κ3) is 5.38. The van der Waals surface area contributed by atoms with E-state index in [0.717, 1.165) is 4.90 Å². The third-order valence-electron chi connectivity index (χ3n) is 3.48. The summed E-state index contributed by atoms with van der Waals surface area (Å²) in [7, 11) is 0. The van der Waals surface area contributed by atoms with Crippen LogP contribution in [0.4, 0.5) is 16.5 Å². The summed E-state index contributed by atoms with van der Waals surface area (Å²) >= 11 is 2.68. The smallest absolute Gasteiger partial charge is 0.269 e. The van der Waals surface area contributed by atoms with Crippen molar-refractivity contribution < 1.29 is 14.5 Å². The van der Waals surface area contributed by atoms with Crippen LogP contribution in [0.3, 0.4) is 0 Å². The van der Waals surface area contributed by atoms with Crippen molar-refractivity contribution in [1.29, 1.82) is 0 Å². The van der Waals surface area contributed by atoms with Crippen LogP contribution in [-0.2, 0) is 4.79 Å². The van der Waals surface area contributed by atoms with Crippen LogP contribution < -0.4 is 10.6 Å². The molecule has 10 heteroatoms. The van der Waals surface area contributed by atoms with Crippen molar-refractivity contribution in [3.8, 4) is 0 Å². The van der Waals surface area contributed by atoms with Gasteiger partial charge in [0, 0.05) is 39.9 Å². The minimum Gasteiger partial charge on any atom is -0.322 e. The van der Waals surface area contributed by atoms with E-state index in [-0.39, 0.29) is 23.3 Å². The van der Waals surface area contributed by atoms with Gasteiger partial charge in [-0.3, -0.25) is 19.7 Å². The number of anilines is 2. The Morgan fingerprint density at radius 3 is 2.61 bits per heavy atom. The molecule has 0 saturated carbocycles. The molecular weight excluding hydrogens is 400 g/mol. The van der Waals surface area contributed by atoms with E-state index in [1.807, 2.05) is 6.07 Å². The van der Waals surface area contributed by atoms with Crippen molar-refractivity contribution in [1.82, 2.24) is 4.98 Å². The Morgan fingerprint density at radius 1 is 1.14 bits per heavy atom. The summed E-state index contributed by atoms with van der Waals surface area (Å²) in [4.78, 5) is 39.2. The van der Waals surface area contributed by atoms with E-state index in [2.05, 4.69) is 15.6 Å². The predicted molar refractivity (Wildman–Crippen MR) is 109 cm³/mol. The zero-order valence-electron chi connectivity index (χ0n) is 14.3. The maximum atomic E-state index is 12.3. The van der Waals surface area contributed by atoms with E-state index in [4.69, 9.17) is 0 Å². The normalized spacial score (nSPS) is 10.3. The molecule has 1 heterocycles. The number of rotatable bonds is 7. The number of nitro benzene ring substituents is 1. The Hall–Kier alpha value is -3.24. The monoisotopic (exact) mass is 414 g/mol. The molecule has 0 saturated heterocycles. The molecule has 0 atom stereocenters. The first kappa shape index (κ1) is 19.5. The number of aromatic nitrogens is 1. The number of amides is 2. The van der Waals surface area contributed by atoms with Crippen LogP contribution >= 0.6 is 23.1 Å². The number of nitrogens with one attached hydrogen (secondary N) is 2. The van der Waals surface area contributed by atoms with Crippen LogP contribution in [0.25, 0.3) is 0 Å². The van der Waals surface area contributed by atoms with Crippen molar-refractivity contribution in [3.05, 3.63) is 75.8 Å². The maximum Gasteiger partial charge on any atom is 0.269 e. The molecule has 0 fully saturated rings. The first-order valence-corrected chi connectivity index (χ1v) is 9.86. The number of benzene rings is 2. The van der Waals surface area contributed by atoms with E-state index in [1.165, 1.54) is 47.4 Å². The fourth-order valence-corrected chi connectivity index (χ4v) is 3.49. The molecule has 0 aliphatic heterocycles. The van der Waals surface area contributed by atoms with Gasteiger partial charge in [0.25, 0.3) is 11.6 Å². The van der Waals surface area contributed by atoms with E-state index in [1.54, 1.807) is 29.8 Å². The molecule has 0 aliphatic carbocycles. The standard InChI is InChI=1S/C18H14N4O4S2/c23-16(21-18-19-8-9-27-18)11-28-15-3-1-2-13(10-15)20-17(24)12-4-6-14(7-5-12)22(25)26/h1-10H,11H2,(H,20,24)(H,19,21,23). The van der Waals surface area contributed by atoms with Gasteiger partial charge in [-0.25, -0.2) is 4.98 Å². The van der Waals surface area contributed by atoms with Gasteiger partial charge in [-0.2, -0.15) is 0 Å². The van der Waals surface area contributed by atoms with E-state index >= 15 is 0 Å². The summed E-state index contributed by atoms with van der Waals surface area (Å²) < 4.78 is 0. The maximum absolute atomic E-state index is 12.3. The van der Waals surface area contributed by atoms with Crippen LogP contribution in [0.1, 0.15) is 10.4 Å². The second-order valence-electron chi connectivity index (χ2n) is 5.46. The van der Waals surface area contributed by atoms with Crippen molar-refractivity contribution in [3.63, 3.8) is 0 Å². The number of carbonyl (C=O) groups excluding carboxylic acids is 2. The van der Waals surface area contributed by atoms with Gasteiger partial charge in [-0.1, -0.05) is 6.07 Å². The highest BCUT2D eigenvalue weighted by atomic mass is 32.2. The van der Waals surface area contributed by atoms with Gasteiger partial charge < -0.3 is 10.6 Å². The summed E-state index contributed by atoms with van der Waals surface area (Å²) in [6.45, 7) is 0. The zero-order valence-corrected chi connectivity index (χ0v) is 16.0. The van der Waals surface area contributed by atoms with Gasteiger partial charge in [0.1, 0.15) is 0 Å². The summed E-state index contributed by atoms with van der Waals surface area (Å²) in [5, 5.41) is 18.5. The second kappa shape index (κ2) is 9.11. The van der Waals surface area contributed by atoms with E-state index in [9.17, 15) is 19.7 Å². The lowest BCUT2D eigenvalue weighted by atomic mass is 10.2. The van der Waals surface area contributed by atoms with Crippen molar-refractivity contribution in [2.24, 2.45) is 0 Å². The number of nitrogens with zero attached hydrogens (tertiary/aromatic N) is 2. The van der Waals surface area contributed by atoms with Crippen molar-refractivity contribution in [2.75, 3.05) is 16.4 Å². The van der Waals surface area contributed by atoms with Crippen LogP contribution in [0.15, 0.2) is 65.0 Å². The highest BCUT2D eigenvalue weighted by Crippen LogP contribution is 2.23. The summed E-state index contributed by atoms with van der Waals surface area (Å²) in [6.07, 6.45) is 1.62. The Kier molecular flexibility index (Phi) is 6.35. The summed E-state index contributed by atoms with van der Waals surface area (Å²) in [5.74, 6) is -0.335. The molecule has 142 valence electrons. The SMILES string of the molecule is O=C(CSc1cccc(NC(=O)c2ccc([N+](=O)[O-])cc2)c1)Nc1nccs1. The van der Waals surface area contributed by atoms with Gasteiger partial charge in [-0.05, 0) is 30.3 Å². The van der Waals surface area contributed by atoms with Gasteiger partial charge in [-0.15, -0.1) is 23.1 Å². The van der Waals surface area contributed by atoms with Crippen LogP contribution in [-0.4, -0.2) is 27.5 Å². The lowest BCUT2D eigenvalue weighted by Gasteiger charge is -2.07. The number of hydrogen-bond acceptors (Lipinski definition) is 7. The van der Waals surface area contributed by atoms with Crippen LogP contribution in [0.2, 0.25) is 0 Å². The second-order valence-corrected chi connectivity index (χ2v) is 7.40. The van der Waals surface area contributed by atoms with Gasteiger partial charge in [0.05, 0.1) is 10.7 Å². The molecule has 8 nitrogen and oxygen atoms in total. The Morgan fingerprint density at radius 2 is 1.93 bits per heavy atom. The lowest BCUT2D eigenvalue weighted by Crippen LogP contribution is -2.14. The summed E-state index contributed by atoms with van der Waals surface area (Å²) in [5.41, 5.74) is 0.797. The zero-order chi connectivity index (χ0) is 19.9. The van der Waals surface area contributed by atoms with Gasteiger partial charge >= 0.3 is 0 Å². The number of thiazole rings is 1. The lowest BCUT2D eigenvalue weighted by molar-refractivity contribution is -0.384. The fraction of sp³-hybridized carbons (Fsp3) is 0.0556. The minimum atomic E-state index is -0.521. The van der Waals surface area contributed by atoms with Crippen LogP contribution in [0.5, 0.6) is 0 Å². The van der Waals surface area contributed by atoms with Crippen molar-refractivity contribution in [2.45, 2.75) is 4.90 Å². The number of hydrogen-bond donors (Lipinski definition) is 2. The molecule has 0 radical (unpaired) electrons. The molecule has 3 aromatic rings. The number of carbonyl (C=O) groups is 2. The van der Waals surface area contributed by atoms with Crippen LogP contribution in [0, 0.1) is 10.1 Å². The molecule has 1 aromatic heterocycles. The fourth-order valence-electron chi connectivity index (χ4n) is 2.19. The largest absolute Gasteiger partial charge is 0.322 e. The van der Waals surface area contributed by atoms with Crippen molar-refractivity contribution >= 4 is 51.4 Å². The molecule has 2 amide bonds. The molecule has 3 rings (SSSR count). The number of thioether (sulfide) groups is 1.